The molecular weight excluding hydrogens is 310 g/mol. The SMILES string of the molecule is Cc1cc(N[C@@H]2CCCNC2=O)nc(-c2cccc([N+](=O)[O-])c2)n1. The summed E-state index contributed by atoms with van der Waals surface area (Å²) in [5.74, 6) is 0.873. The molecule has 1 aliphatic heterocycles. The molecule has 1 aromatic heterocycles. The quantitative estimate of drug-likeness (QED) is 0.657. The number of rotatable bonds is 4. The maximum Gasteiger partial charge on any atom is 0.270 e. The zero-order chi connectivity index (χ0) is 17.1. The predicted molar refractivity (Wildman–Crippen MR) is 88.5 cm³/mol. The highest BCUT2D eigenvalue weighted by Gasteiger charge is 2.22. The van der Waals surface area contributed by atoms with Gasteiger partial charge in [-0.2, -0.15) is 0 Å². The van der Waals surface area contributed by atoms with Crippen LogP contribution in [0.2, 0.25) is 0 Å². The number of nitro benzene ring substituents is 1. The number of nitro groups is 1. The van der Waals surface area contributed by atoms with Gasteiger partial charge in [0.2, 0.25) is 5.91 Å². The number of hydrogen-bond donors (Lipinski definition) is 2. The summed E-state index contributed by atoms with van der Waals surface area (Å²) in [7, 11) is 0. The summed E-state index contributed by atoms with van der Waals surface area (Å²) >= 11 is 0. The minimum atomic E-state index is -0.454. The molecule has 1 amide bonds. The molecule has 0 aliphatic carbocycles. The Balaban J connectivity index is 1.90. The lowest BCUT2D eigenvalue weighted by Crippen LogP contribution is -2.44. The summed E-state index contributed by atoms with van der Waals surface area (Å²) in [5, 5.41) is 16.9. The van der Waals surface area contributed by atoms with E-state index in [1.54, 1.807) is 18.2 Å². The topological polar surface area (TPSA) is 110 Å². The first-order chi connectivity index (χ1) is 11.5. The average molecular weight is 327 g/mol. The molecule has 2 aromatic rings. The van der Waals surface area contributed by atoms with Gasteiger partial charge in [-0.05, 0) is 19.8 Å². The zero-order valence-corrected chi connectivity index (χ0v) is 13.2. The number of nitrogens with zero attached hydrogens (tertiary/aromatic N) is 3. The third-order valence-corrected chi connectivity index (χ3v) is 3.78. The van der Waals surface area contributed by atoms with Crippen LogP contribution in [-0.2, 0) is 4.79 Å². The van der Waals surface area contributed by atoms with Gasteiger partial charge in [-0.3, -0.25) is 14.9 Å². The van der Waals surface area contributed by atoms with Crippen molar-refractivity contribution < 1.29 is 9.72 Å². The second-order valence-corrected chi connectivity index (χ2v) is 5.66. The molecule has 1 atom stereocenters. The highest BCUT2D eigenvalue weighted by Crippen LogP contribution is 2.23. The Morgan fingerprint density at radius 3 is 2.92 bits per heavy atom. The Morgan fingerprint density at radius 1 is 1.33 bits per heavy atom. The normalized spacial score (nSPS) is 17.2. The Labute approximate surface area is 138 Å². The lowest BCUT2D eigenvalue weighted by Gasteiger charge is -2.23. The van der Waals surface area contributed by atoms with E-state index in [0.29, 0.717) is 29.4 Å². The molecule has 0 unspecified atom stereocenters. The standard InChI is InChI=1S/C16H17N5O3/c1-10-8-14(19-13-6-3-7-17-16(13)22)20-15(18-10)11-4-2-5-12(9-11)21(23)24/h2,4-5,8-9,13H,3,6-7H2,1H3,(H,17,22)(H,18,19,20)/t13-/m1/s1. The van der Waals surface area contributed by atoms with Crippen LogP contribution >= 0.6 is 0 Å². The maximum atomic E-state index is 11.9. The number of amides is 1. The monoisotopic (exact) mass is 327 g/mol. The first-order valence-corrected chi connectivity index (χ1v) is 7.68. The Morgan fingerprint density at radius 2 is 2.17 bits per heavy atom. The van der Waals surface area contributed by atoms with Gasteiger partial charge in [0, 0.05) is 36.0 Å². The second kappa shape index (κ2) is 6.61. The summed E-state index contributed by atoms with van der Waals surface area (Å²) in [4.78, 5) is 31.1. The summed E-state index contributed by atoms with van der Waals surface area (Å²) in [6, 6.07) is 7.60. The average Bonchev–Trinajstić information content (AvgIpc) is 2.56. The molecule has 1 aromatic carbocycles. The van der Waals surface area contributed by atoms with Gasteiger partial charge in [0.15, 0.2) is 5.82 Å². The number of aromatic nitrogens is 2. The number of piperidine rings is 1. The van der Waals surface area contributed by atoms with Crippen molar-refractivity contribution in [3.8, 4) is 11.4 Å². The van der Waals surface area contributed by atoms with Crippen LogP contribution < -0.4 is 10.6 Å². The molecule has 2 N–H and O–H groups in total. The molecule has 1 aliphatic rings. The molecule has 1 fully saturated rings. The van der Waals surface area contributed by atoms with E-state index in [2.05, 4.69) is 20.6 Å². The van der Waals surface area contributed by atoms with Crippen LogP contribution in [-0.4, -0.2) is 33.4 Å². The van der Waals surface area contributed by atoms with Crippen molar-refractivity contribution in [2.75, 3.05) is 11.9 Å². The van der Waals surface area contributed by atoms with E-state index in [1.807, 2.05) is 6.92 Å². The summed E-state index contributed by atoms with van der Waals surface area (Å²) in [6.07, 6.45) is 1.65. The molecule has 3 rings (SSSR count). The Bertz CT molecular complexity index is 793. The van der Waals surface area contributed by atoms with Crippen molar-refractivity contribution in [1.82, 2.24) is 15.3 Å². The molecule has 8 heteroatoms. The highest BCUT2D eigenvalue weighted by atomic mass is 16.6. The van der Waals surface area contributed by atoms with E-state index in [-0.39, 0.29) is 17.6 Å². The van der Waals surface area contributed by atoms with Crippen LogP contribution in [0.1, 0.15) is 18.5 Å². The van der Waals surface area contributed by atoms with E-state index in [9.17, 15) is 14.9 Å². The zero-order valence-electron chi connectivity index (χ0n) is 13.2. The highest BCUT2D eigenvalue weighted by molar-refractivity contribution is 5.85. The van der Waals surface area contributed by atoms with Crippen molar-refractivity contribution in [3.63, 3.8) is 0 Å². The van der Waals surface area contributed by atoms with Crippen LogP contribution in [0, 0.1) is 17.0 Å². The number of nitrogens with one attached hydrogen (secondary N) is 2. The molecule has 24 heavy (non-hydrogen) atoms. The Kier molecular flexibility index (Phi) is 4.37. The fourth-order valence-electron chi connectivity index (χ4n) is 2.62. The van der Waals surface area contributed by atoms with Crippen LogP contribution in [0.3, 0.4) is 0 Å². The van der Waals surface area contributed by atoms with Gasteiger partial charge in [-0.1, -0.05) is 12.1 Å². The number of hydrogen-bond acceptors (Lipinski definition) is 6. The maximum absolute atomic E-state index is 11.9. The third-order valence-electron chi connectivity index (χ3n) is 3.78. The summed E-state index contributed by atoms with van der Waals surface area (Å²) < 4.78 is 0. The van der Waals surface area contributed by atoms with Crippen LogP contribution in [0.25, 0.3) is 11.4 Å². The van der Waals surface area contributed by atoms with E-state index < -0.39 is 4.92 Å². The lowest BCUT2D eigenvalue weighted by atomic mass is 10.1. The summed E-state index contributed by atoms with van der Waals surface area (Å²) in [6.45, 7) is 2.51. The van der Waals surface area contributed by atoms with Crippen molar-refractivity contribution >= 4 is 17.4 Å². The van der Waals surface area contributed by atoms with Gasteiger partial charge in [0.1, 0.15) is 11.9 Å². The van der Waals surface area contributed by atoms with Crippen LogP contribution in [0.5, 0.6) is 0 Å². The number of anilines is 1. The fraction of sp³-hybridized carbons (Fsp3) is 0.312. The molecule has 0 radical (unpaired) electrons. The van der Waals surface area contributed by atoms with E-state index >= 15 is 0 Å². The first kappa shape index (κ1) is 15.9. The van der Waals surface area contributed by atoms with Crippen molar-refractivity contribution in [1.29, 1.82) is 0 Å². The minimum Gasteiger partial charge on any atom is -0.358 e. The predicted octanol–water partition coefficient (Wildman–Crippen LogP) is 2.05. The molecular formula is C16H17N5O3. The van der Waals surface area contributed by atoms with Gasteiger partial charge >= 0.3 is 0 Å². The minimum absolute atomic E-state index is 0.0150. The van der Waals surface area contributed by atoms with E-state index in [1.165, 1.54) is 12.1 Å². The van der Waals surface area contributed by atoms with Crippen LogP contribution in [0.15, 0.2) is 30.3 Å². The van der Waals surface area contributed by atoms with Crippen molar-refractivity contribution in [3.05, 3.63) is 46.1 Å². The molecule has 0 spiro atoms. The molecule has 8 nitrogen and oxygen atoms in total. The number of carbonyl (C=O) groups is 1. The Hall–Kier alpha value is -3.03. The van der Waals surface area contributed by atoms with E-state index in [4.69, 9.17) is 0 Å². The molecule has 124 valence electrons. The van der Waals surface area contributed by atoms with Gasteiger partial charge in [-0.15, -0.1) is 0 Å². The number of non-ortho nitro benzene ring substituents is 1. The largest absolute Gasteiger partial charge is 0.358 e. The molecule has 0 saturated carbocycles. The van der Waals surface area contributed by atoms with Gasteiger partial charge in [-0.25, -0.2) is 9.97 Å². The third kappa shape index (κ3) is 3.48. The molecule has 1 saturated heterocycles. The molecule has 0 bridgehead atoms. The number of carbonyl (C=O) groups excluding carboxylic acids is 1. The van der Waals surface area contributed by atoms with Gasteiger partial charge < -0.3 is 10.6 Å². The number of aryl methyl sites for hydroxylation is 1. The van der Waals surface area contributed by atoms with Gasteiger partial charge in [0.25, 0.3) is 5.69 Å². The van der Waals surface area contributed by atoms with Gasteiger partial charge in [0.05, 0.1) is 4.92 Å². The number of benzene rings is 1. The van der Waals surface area contributed by atoms with E-state index in [0.717, 1.165) is 12.8 Å². The van der Waals surface area contributed by atoms with Crippen molar-refractivity contribution in [2.24, 2.45) is 0 Å². The summed E-state index contributed by atoms with van der Waals surface area (Å²) in [5.41, 5.74) is 1.26. The van der Waals surface area contributed by atoms with Crippen LogP contribution in [0.4, 0.5) is 11.5 Å². The fourth-order valence-corrected chi connectivity index (χ4v) is 2.62. The van der Waals surface area contributed by atoms with Crippen molar-refractivity contribution in [2.45, 2.75) is 25.8 Å². The lowest BCUT2D eigenvalue weighted by molar-refractivity contribution is -0.384. The first-order valence-electron chi connectivity index (χ1n) is 7.68. The smallest absolute Gasteiger partial charge is 0.270 e. The second-order valence-electron chi connectivity index (χ2n) is 5.66. The molecule has 2 heterocycles.